The summed E-state index contributed by atoms with van der Waals surface area (Å²) < 4.78 is 7.60. The molecule has 30 heavy (non-hydrogen) atoms. The molecule has 0 bridgehead atoms. The zero-order valence-electron chi connectivity index (χ0n) is 18.5. The van der Waals surface area contributed by atoms with E-state index in [9.17, 15) is 4.79 Å². The zero-order valence-corrected chi connectivity index (χ0v) is 18.5. The van der Waals surface area contributed by atoms with Gasteiger partial charge in [-0.1, -0.05) is 25.1 Å². The van der Waals surface area contributed by atoms with E-state index in [1.54, 1.807) is 13.2 Å². The standard InChI is InChI=1S/C23H33N5O2/c1-6-13-24-23(29)27(17(3)4)16-19-18-15-26(7-2)14-12-20(18)28(25-19)21-10-8-9-11-22(21)30-5/h6,8-11,17H,1,7,12-16H2,2-5H3,(H,24,29). The Bertz CT molecular complexity index is 890. The van der Waals surface area contributed by atoms with Crippen molar-refractivity contribution in [2.24, 2.45) is 0 Å². The van der Waals surface area contributed by atoms with Crippen molar-refractivity contribution in [2.75, 3.05) is 26.7 Å². The minimum absolute atomic E-state index is 0.0488. The van der Waals surface area contributed by atoms with Crippen LogP contribution in [0, 0.1) is 0 Å². The molecular weight excluding hydrogens is 378 g/mol. The Balaban J connectivity index is 2.02. The molecule has 0 radical (unpaired) electrons. The summed E-state index contributed by atoms with van der Waals surface area (Å²) in [5.41, 5.74) is 4.29. The fourth-order valence-corrected chi connectivity index (χ4v) is 3.85. The van der Waals surface area contributed by atoms with Crippen LogP contribution in [0.1, 0.15) is 37.7 Å². The van der Waals surface area contributed by atoms with E-state index in [0.717, 1.165) is 43.2 Å². The Hall–Kier alpha value is -2.80. The topological polar surface area (TPSA) is 62.6 Å². The van der Waals surface area contributed by atoms with E-state index in [2.05, 4.69) is 23.7 Å². The molecule has 1 N–H and O–H groups in total. The van der Waals surface area contributed by atoms with Crippen LogP contribution >= 0.6 is 0 Å². The van der Waals surface area contributed by atoms with Gasteiger partial charge in [0, 0.05) is 37.7 Å². The van der Waals surface area contributed by atoms with E-state index < -0.39 is 0 Å². The minimum atomic E-state index is -0.103. The lowest BCUT2D eigenvalue weighted by molar-refractivity contribution is 0.179. The fraction of sp³-hybridized carbons (Fsp3) is 0.478. The van der Waals surface area contributed by atoms with Crippen molar-refractivity contribution in [3.05, 3.63) is 53.9 Å². The van der Waals surface area contributed by atoms with Gasteiger partial charge in [-0.3, -0.25) is 4.90 Å². The van der Waals surface area contributed by atoms with Crippen LogP contribution in [0.2, 0.25) is 0 Å². The predicted octanol–water partition coefficient (Wildman–Crippen LogP) is 3.36. The van der Waals surface area contributed by atoms with E-state index in [1.165, 1.54) is 11.3 Å². The summed E-state index contributed by atoms with van der Waals surface area (Å²) in [4.78, 5) is 17.0. The summed E-state index contributed by atoms with van der Waals surface area (Å²) in [6.45, 7) is 13.6. The molecule has 7 nitrogen and oxygen atoms in total. The third-order valence-electron chi connectivity index (χ3n) is 5.58. The number of carbonyl (C=O) groups excluding carboxylic acids is 1. The van der Waals surface area contributed by atoms with Crippen LogP contribution in [-0.4, -0.2) is 58.4 Å². The SMILES string of the molecule is C=CCNC(=O)N(Cc1nn(-c2ccccc2OC)c2c1CN(CC)CC2)C(C)C. The first-order valence-corrected chi connectivity index (χ1v) is 10.6. The van der Waals surface area contributed by atoms with Gasteiger partial charge in [-0.05, 0) is 32.5 Å². The van der Waals surface area contributed by atoms with Gasteiger partial charge in [-0.25, -0.2) is 9.48 Å². The van der Waals surface area contributed by atoms with Crippen LogP contribution in [0.15, 0.2) is 36.9 Å². The zero-order chi connectivity index (χ0) is 21.7. The summed E-state index contributed by atoms with van der Waals surface area (Å²) in [6, 6.07) is 7.88. The number of nitrogens with zero attached hydrogens (tertiary/aromatic N) is 4. The quantitative estimate of drug-likeness (QED) is 0.677. The van der Waals surface area contributed by atoms with Crippen molar-refractivity contribution in [1.82, 2.24) is 24.9 Å². The van der Waals surface area contributed by atoms with Crippen molar-refractivity contribution >= 4 is 6.03 Å². The van der Waals surface area contributed by atoms with Crippen LogP contribution in [-0.2, 0) is 19.5 Å². The van der Waals surface area contributed by atoms with E-state index >= 15 is 0 Å². The molecule has 3 rings (SSSR count). The molecule has 1 aromatic heterocycles. The number of para-hydroxylation sites is 2. The summed E-state index contributed by atoms with van der Waals surface area (Å²) in [6.07, 6.45) is 2.60. The highest BCUT2D eigenvalue weighted by Gasteiger charge is 2.28. The highest BCUT2D eigenvalue weighted by atomic mass is 16.5. The molecule has 2 amide bonds. The first-order valence-electron chi connectivity index (χ1n) is 10.6. The fourth-order valence-electron chi connectivity index (χ4n) is 3.85. The second-order valence-corrected chi connectivity index (χ2v) is 7.77. The molecule has 0 saturated heterocycles. The maximum Gasteiger partial charge on any atom is 0.318 e. The molecule has 0 unspecified atom stereocenters. The first-order chi connectivity index (χ1) is 14.5. The molecule has 0 fully saturated rings. The number of methoxy groups -OCH3 is 1. The van der Waals surface area contributed by atoms with Crippen molar-refractivity contribution in [3.8, 4) is 11.4 Å². The number of amides is 2. The molecule has 1 aromatic carbocycles. The van der Waals surface area contributed by atoms with Gasteiger partial charge in [0.1, 0.15) is 11.4 Å². The van der Waals surface area contributed by atoms with Crippen molar-refractivity contribution in [2.45, 2.75) is 46.3 Å². The Morgan fingerprint density at radius 1 is 1.40 bits per heavy atom. The van der Waals surface area contributed by atoms with Crippen LogP contribution in [0.4, 0.5) is 4.79 Å². The smallest absolute Gasteiger partial charge is 0.318 e. The minimum Gasteiger partial charge on any atom is -0.494 e. The van der Waals surface area contributed by atoms with Gasteiger partial charge in [-0.2, -0.15) is 5.10 Å². The number of benzene rings is 1. The summed E-state index contributed by atoms with van der Waals surface area (Å²) in [5.74, 6) is 0.789. The maximum atomic E-state index is 12.7. The number of ether oxygens (including phenoxy) is 1. The Morgan fingerprint density at radius 3 is 2.83 bits per heavy atom. The number of carbonyl (C=O) groups is 1. The van der Waals surface area contributed by atoms with Crippen molar-refractivity contribution < 1.29 is 9.53 Å². The third kappa shape index (κ3) is 4.51. The number of urea groups is 1. The number of fused-ring (bicyclic) bond motifs is 1. The van der Waals surface area contributed by atoms with Crippen molar-refractivity contribution in [3.63, 3.8) is 0 Å². The van der Waals surface area contributed by atoms with E-state index in [4.69, 9.17) is 9.84 Å². The van der Waals surface area contributed by atoms with Crippen LogP contribution in [0.3, 0.4) is 0 Å². The van der Waals surface area contributed by atoms with Crippen molar-refractivity contribution in [1.29, 1.82) is 0 Å². The van der Waals surface area contributed by atoms with Gasteiger partial charge >= 0.3 is 6.03 Å². The third-order valence-corrected chi connectivity index (χ3v) is 5.58. The summed E-state index contributed by atoms with van der Waals surface area (Å²) in [5, 5.41) is 7.89. The molecule has 0 aliphatic carbocycles. The first kappa shape index (κ1) is 21.9. The number of likely N-dealkylation sites (N-methyl/N-ethyl adjacent to an activating group) is 1. The second kappa shape index (κ2) is 9.80. The summed E-state index contributed by atoms with van der Waals surface area (Å²) in [7, 11) is 1.68. The lowest BCUT2D eigenvalue weighted by Gasteiger charge is -2.29. The van der Waals surface area contributed by atoms with Gasteiger partial charge in [0.25, 0.3) is 0 Å². The average molecular weight is 412 g/mol. The maximum absolute atomic E-state index is 12.7. The molecular formula is C23H33N5O2. The van der Waals surface area contributed by atoms with Crippen LogP contribution in [0.25, 0.3) is 5.69 Å². The molecule has 0 saturated carbocycles. The Morgan fingerprint density at radius 2 is 2.17 bits per heavy atom. The number of hydrogen-bond donors (Lipinski definition) is 1. The summed E-state index contributed by atoms with van der Waals surface area (Å²) >= 11 is 0. The second-order valence-electron chi connectivity index (χ2n) is 7.77. The largest absolute Gasteiger partial charge is 0.494 e. The van der Waals surface area contributed by atoms with Gasteiger partial charge in [0.05, 0.1) is 25.0 Å². The molecule has 1 aliphatic heterocycles. The number of rotatable bonds is 8. The predicted molar refractivity (Wildman–Crippen MR) is 119 cm³/mol. The van der Waals surface area contributed by atoms with E-state index in [-0.39, 0.29) is 12.1 Å². The Kier molecular flexibility index (Phi) is 7.15. The Labute approximate surface area is 179 Å². The average Bonchev–Trinajstić information content (AvgIpc) is 3.12. The number of aromatic nitrogens is 2. The molecule has 7 heteroatoms. The lowest BCUT2D eigenvalue weighted by atomic mass is 10.0. The molecule has 162 valence electrons. The highest BCUT2D eigenvalue weighted by Crippen LogP contribution is 2.30. The molecule has 0 atom stereocenters. The van der Waals surface area contributed by atoms with E-state index in [0.29, 0.717) is 13.1 Å². The van der Waals surface area contributed by atoms with E-state index in [1.807, 2.05) is 47.7 Å². The highest BCUT2D eigenvalue weighted by molar-refractivity contribution is 5.74. The van der Waals surface area contributed by atoms with Gasteiger partial charge in [0.2, 0.25) is 0 Å². The van der Waals surface area contributed by atoms with Gasteiger partial charge in [0.15, 0.2) is 0 Å². The molecule has 2 aromatic rings. The van der Waals surface area contributed by atoms with Gasteiger partial charge in [-0.15, -0.1) is 6.58 Å². The van der Waals surface area contributed by atoms with Gasteiger partial charge < -0.3 is 15.0 Å². The lowest BCUT2D eigenvalue weighted by Crippen LogP contribution is -2.43. The van der Waals surface area contributed by atoms with Crippen LogP contribution in [0.5, 0.6) is 5.75 Å². The number of hydrogen-bond acceptors (Lipinski definition) is 4. The molecule has 0 spiro atoms. The monoisotopic (exact) mass is 411 g/mol. The molecule has 1 aliphatic rings. The number of nitrogens with one attached hydrogen (secondary N) is 1. The normalized spacial score (nSPS) is 13.8. The molecule has 2 heterocycles. The van der Waals surface area contributed by atoms with Crippen LogP contribution < -0.4 is 10.1 Å².